The summed E-state index contributed by atoms with van der Waals surface area (Å²) in [5.74, 6) is 1.27. The maximum atomic E-state index is 13.6. The lowest BCUT2D eigenvalue weighted by molar-refractivity contribution is 0.228. The van der Waals surface area contributed by atoms with E-state index in [1.807, 2.05) is 0 Å². The molecule has 4 aliphatic heterocycles. The lowest BCUT2D eigenvalue weighted by Gasteiger charge is -2.16. The first kappa shape index (κ1) is 23.6. The summed E-state index contributed by atoms with van der Waals surface area (Å²) >= 11 is 0. The van der Waals surface area contributed by atoms with Gasteiger partial charge in [0.15, 0.2) is 17.3 Å². The summed E-state index contributed by atoms with van der Waals surface area (Å²) in [6, 6.07) is 8.21. The highest BCUT2D eigenvalue weighted by molar-refractivity contribution is 5.88. The summed E-state index contributed by atoms with van der Waals surface area (Å²) in [4.78, 5) is 13.6. The molecule has 4 atom stereocenters. The van der Waals surface area contributed by atoms with E-state index >= 15 is 0 Å². The summed E-state index contributed by atoms with van der Waals surface area (Å²) in [6.07, 6.45) is 0.0528. The van der Waals surface area contributed by atoms with Crippen LogP contribution in [-0.2, 0) is 18.9 Å². The lowest BCUT2D eigenvalue weighted by Crippen LogP contribution is -2.14. The van der Waals surface area contributed by atoms with Crippen LogP contribution in [0.5, 0.6) is 28.7 Å². The summed E-state index contributed by atoms with van der Waals surface area (Å²) in [5, 5.41) is 10.7. The molecule has 11 heteroatoms. The summed E-state index contributed by atoms with van der Waals surface area (Å²) in [6.45, 7) is 3.80. The smallest absolute Gasteiger partial charge is 0.239 e. The van der Waals surface area contributed by atoms with E-state index < -0.39 is 5.43 Å². The zero-order valence-corrected chi connectivity index (χ0v) is 20.4. The number of ether oxygens (including phenoxy) is 8. The highest BCUT2D eigenvalue weighted by atomic mass is 16.6. The second-order valence-electron chi connectivity index (χ2n) is 9.63. The maximum absolute atomic E-state index is 13.6. The molecule has 4 unspecified atom stereocenters. The van der Waals surface area contributed by atoms with Gasteiger partial charge in [0.05, 0.1) is 26.4 Å². The zero-order chi connectivity index (χ0) is 25.6. The van der Waals surface area contributed by atoms with Crippen molar-refractivity contribution in [3.05, 3.63) is 40.6 Å². The molecular formula is C27H26O11. The highest BCUT2D eigenvalue weighted by Crippen LogP contribution is 2.40. The van der Waals surface area contributed by atoms with E-state index in [2.05, 4.69) is 0 Å². The molecule has 0 radical (unpaired) electrons. The van der Waals surface area contributed by atoms with Gasteiger partial charge in [-0.25, -0.2) is 0 Å². The first-order valence-corrected chi connectivity index (χ1v) is 12.6. The van der Waals surface area contributed by atoms with E-state index in [9.17, 15) is 9.90 Å². The molecule has 0 amide bonds. The van der Waals surface area contributed by atoms with E-state index in [4.69, 9.17) is 42.3 Å². The van der Waals surface area contributed by atoms with Crippen molar-refractivity contribution in [2.75, 3.05) is 52.9 Å². The molecule has 1 N–H and O–H groups in total. The third kappa shape index (κ3) is 5.37. The van der Waals surface area contributed by atoms with Crippen LogP contribution in [0.4, 0.5) is 0 Å². The van der Waals surface area contributed by atoms with E-state index in [0.29, 0.717) is 69.1 Å². The Morgan fingerprint density at radius 3 is 1.95 bits per heavy atom. The third-order valence-electron chi connectivity index (χ3n) is 6.42. The Bertz CT molecular complexity index is 1400. The normalized spacial score (nSPS) is 24.6. The molecule has 1 aromatic heterocycles. The molecule has 0 bridgehead atoms. The molecular weight excluding hydrogens is 500 g/mol. The van der Waals surface area contributed by atoms with E-state index in [0.717, 1.165) is 0 Å². The average Bonchev–Trinajstić information content (AvgIpc) is 3.76. The number of benzene rings is 2. The molecule has 4 aliphatic rings. The SMILES string of the molecule is O=c1c(OCC2CO2)c(-c2ccc(OCC3CO3)c(OCC3CO3)c2)oc2cc(OCC3CO3)cc(O)c12. The van der Waals surface area contributed by atoms with Crippen molar-refractivity contribution >= 4 is 11.0 Å². The van der Waals surface area contributed by atoms with Crippen LogP contribution >= 0.6 is 0 Å². The second kappa shape index (κ2) is 9.66. The Kier molecular flexibility index (Phi) is 6.00. The molecule has 4 fully saturated rings. The first-order valence-electron chi connectivity index (χ1n) is 12.6. The number of phenolic OH excluding ortho intramolecular Hbond substituents is 1. The van der Waals surface area contributed by atoms with Crippen molar-refractivity contribution in [3.8, 4) is 40.1 Å². The highest BCUT2D eigenvalue weighted by Gasteiger charge is 2.29. The van der Waals surface area contributed by atoms with Gasteiger partial charge >= 0.3 is 0 Å². The van der Waals surface area contributed by atoms with Crippen LogP contribution in [0.2, 0.25) is 0 Å². The standard InChI is InChI=1S/C27H26O11/c28-20-4-15(30-6-16-7-31-16)5-23-24(20)25(29)27(37-13-19-10-34-19)26(38-23)14-1-2-21(35-11-17-8-32-17)22(3-14)36-12-18-9-33-18/h1-5,16-19,28H,6-13H2. The number of phenols is 1. The minimum atomic E-state index is -0.503. The number of aromatic hydroxyl groups is 1. The van der Waals surface area contributed by atoms with E-state index in [-0.39, 0.29) is 59.3 Å². The van der Waals surface area contributed by atoms with Gasteiger partial charge in [-0.3, -0.25) is 4.79 Å². The first-order chi connectivity index (χ1) is 18.6. The Balaban J connectivity index is 1.28. The van der Waals surface area contributed by atoms with Gasteiger partial charge in [-0.05, 0) is 18.2 Å². The molecule has 0 aliphatic carbocycles. The number of hydrogen-bond acceptors (Lipinski definition) is 11. The topological polar surface area (TPSA) is 137 Å². The molecule has 11 nitrogen and oxygen atoms in total. The van der Waals surface area contributed by atoms with Crippen molar-refractivity contribution < 1.29 is 47.4 Å². The van der Waals surface area contributed by atoms with Crippen LogP contribution in [0.25, 0.3) is 22.3 Å². The molecule has 38 heavy (non-hydrogen) atoms. The van der Waals surface area contributed by atoms with Gasteiger partial charge in [-0.2, -0.15) is 0 Å². The minimum Gasteiger partial charge on any atom is -0.507 e. The minimum absolute atomic E-state index is 0.00206. The molecule has 200 valence electrons. The van der Waals surface area contributed by atoms with Gasteiger partial charge in [0.1, 0.15) is 73.3 Å². The van der Waals surface area contributed by atoms with Gasteiger partial charge < -0.3 is 47.4 Å². The van der Waals surface area contributed by atoms with Crippen molar-refractivity contribution in [1.29, 1.82) is 0 Å². The Labute approximate surface area is 216 Å². The predicted octanol–water partition coefficient (Wildman–Crippen LogP) is 2.28. The average molecular weight is 526 g/mol. The fraction of sp³-hybridized carbons (Fsp3) is 0.444. The van der Waals surface area contributed by atoms with Crippen molar-refractivity contribution in [2.24, 2.45) is 0 Å². The molecule has 0 saturated carbocycles. The number of hydrogen-bond donors (Lipinski definition) is 1. The van der Waals surface area contributed by atoms with Gasteiger partial charge in [0.2, 0.25) is 11.2 Å². The predicted molar refractivity (Wildman–Crippen MR) is 131 cm³/mol. The summed E-state index contributed by atoms with van der Waals surface area (Å²) in [7, 11) is 0. The van der Waals surface area contributed by atoms with Crippen molar-refractivity contribution in [3.63, 3.8) is 0 Å². The van der Waals surface area contributed by atoms with Crippen LogP contribution in [0.1, 0.15) is 0 Å². The van der Waals surface area contributed by atoms with Gasteiger partial charge in [0.25, 0.3) is 0 Å². The number of fused-ring (bicyclic) bond motifs is 1. The monoisotopic (exact) mass is 526 g/mol. The maximum Gasteiger partial charge on any atom is 0.239 e. The van der Waals surface area contributed by atoms with Crippen LogP contribution < -0.4 is 24.4 Å². The summed E-state index contributed by atoms with van der Waals surface area (Å²) < 4.78 is 50.7. The van der Waals surface area contributed by atoms with Crippen LogP contribution in [0.3, 0.4) is 0 Å². The molecule has 2 aromatic carbocycles. The molecule has 3 aromatic rings. The Morgan fingerprint density at radius 2 is 1.32 bits per heavy atom. The fourth-order valence-corrected chi connectivity index (χ4v) is 3.93. The molecule has 0 spiro atoms. The van der Waals surface area contributed by atoms with Crippen LogP contribution in [-0.4, -0.2) is 82.4 Å². The fourth-order valence-electron chi connectivity index (χ4n) is 3.93. The lowest BCUT2D eigenvalue weighted by atomic mass is 10.1. The number of rotatable bonds is 13. The van der Waals surface area contributed by atoms with Gasteiger partial charge in [-0.1, -0.05) is 0 Å². The van der Waals surface area contributed by atoms with Crippen LogP contribution in [0, 0.1) is 0 Å². The van der Waals surface area contributed by atoms with Gasteiger partial charge in [-0.15, -0.1) is 0 Å². The molecule has 4 saturated heterocycles. The van der Waals surface area contributed by atoms with Crippen LogP contribution in [0.15, 0.2) is 39.5 Å². The van der Waals surface area contributed by atoms with Crippen molar-refractivity contribution in [2.45, 2.75) is 24.4 Å². The Morgan fingerprint density at radius 1 is 0.737 bits per heavy atom. The van der Waals surface area contributed by atoms with E-state index in [1.54, 1.807) is 24.3 Å². The molecule has 5 heterocycles. The quantitative estimate of drug-likeness (QED) is 0.328. The Hall–Kier alpha value is -3.51. The third-order valence-corrected chi connectivity index (χ3v) is 6.42. The number of epoxide rings is 4. The second-order valence-corrected chi connectivity index (χ2v) is 9.63. The zero-order valence-electron chi connectivity index (χ0n) is 20.4. The molecule has 7 rings (SSSR count). The largest absolute Gasteiger partial charge is 0.507 e. The van der Waals surface area contributed by atoms with E-state index in [1.165, 1.54) is 6.07 Å². The van der Waals surface area contributed by atoms with Crippen molar-refractivity contribution in [1.82, 2.24) is 0 Å². The summed E-state index contributed by atoms with van der Waals surface area (Å²) in [5.41, 5.74) is 0.193. The van der Waals surface area contributed by atoms with Gasteiger partial charge in [0, 0.05) is 17.7 Å².